The second-order valence-corrected chi connectivity index (χ2v) is 7.57. The van der Waals surface area contributed by atoms with Crippen LogP contribution in [0.1, 0.15) is 22.9 Å². The van der Waals surface area contributed by atoms with Gasteiger partial charge in [0, 0.05) is 24.4 Å². The van der Waals surface area contributed by atoms with Gasteiger partial charge in [-0.3, -0.25) is 14.2 Å². The maximum absolute atomic E-state index is 12.9. The normalized spacial score (nSPS) is 16.0. The molecular formula is C20H19N3O4S. The summed E-state index contributed by atoms with van der Waals surface area (Å²) >= 11 is 1.58. The highest BCUT2D eigenvalue weighted by Crippen LogP contribution is 2.34. The fraction of sp³-hybridized carbons (Fsp3) is 0.300. The number of esters is 1. The summed E-state index contributed by atoms with van der Waals surface area (Å²) in [5.74, 6) is -0.635. The molecule has 0 aliphatic carbocycles. The van der Waals surface area contributed by atoms with Crippen LogP contribution in [0.3, 0.4) is 0 Å². The van der Waals surface area contributed by atoms with Crippen LogP contribution < -0.4 is 5.56 Å². The van der Waals surface area contributed by atoms with Crippen molar-refractivity contribution in [1.82, 2.24) is 14.5 Å². The van der Waals surface area contributed by atoms with E-state index >= 15 is 0 Å². The van der Waals surface area contributed by atoms with Crippen molar-refractivity contribution in [2.45, 2.75) is 25.4 Å². The molecular weight excluding hydrogens is 378 g/mol. The summed E-state index contributed by atoms with van der Waals surface area (Å²) in [5.41, 5.74) is 1.28. The molecule has 0 N–H and O–H groups in total. The molecule has 7 nitrogen and oxygen atoms in total. The number of carbonyl (C=O) groups is 2. The minimum absolute atomic E-state index is 0.104. The lowest BCUT2D eigenvalue weighted by Crippen LogP contribution is -2.44. The van der Waals surface area contributed by atoms with E-state index in [0.717, 1.165) is 10.4 Å². The number of hydrogen-bond donors (Lipinski definition) is 0. The molecule has 8 heteroatoms. The first kappa shape index (κ1) is 18.4. The highest BCUT2D eigenvalue weighted by atomic mass is 32.1. The van der Waals surface area contributed by atoms with E-state index in [0.29, 0.717) is 23.9 Å². The number of rotatable bonds is 4. The van der Waals surface area contributed by atoms with E-state index < -0.39 is 12.0 Å². The molecule has 4 rings (SSSR count). The molecule has 0 saturated carbocycles. The molecule has 0 bridgehead atoms. The molecule has 1 atom stereocenters. The largest absolute Gasteiger partial charge is 0.467 e. The molecule has 144 valence electrons. The van der Waals surface area contributed by atoms with Crippen molar-refractivity contribution >= 4 is 34.1 Å². The minimum atomic E-state index is -0.723. The lowest BCUT2D eigenvalue weighted by Gasteiger charge is -2.34. The first-order valence-corrected chi connectivity index (χ1v) is 9.86. The van der Waals surface area contributed by atoms with Crippen LogP contribution in [0.15, 0.2) is 46.8 Å². The van der Waals surface area contributed by atoms with Crippen molar-refractivity contribution in [3.05, 3.63) is 62.8 Å². The Hall–Kier alpha value is -3.00. The van der Waals surface area contributed by atoms with Gasteiger partial charge in [0.05, 0.1) is 24.3 Å². The van der Waals surface area contributed by atoms with Gasteiger partial charge in [-0.25, -0.2) is 9.78 Å². The van der Waals surface area contributed by atoms with Crippen molar-refractivity contribution in [3.8, 4) is 0 Å². The number of aryl methyl sites for hydroxylation is 1. The number of thiophene rings is 1. The molecule has 1 unspecified atom stereocenters. The third-order valence-corrected chi connectivity index (χ3v) is 6.01. The fourth-order valence-corrected chi connectivity index (χ4v) is 4.48. The molecule has 3 aromatic rings. The number of amides is 1. The van der Waals surface area contributed by atoms with Gasteiger partial charge in [0.1, 0.15) is 0 Å². The van der Waals surface area contributed by atoms with Gasteiger partial charge in [-0.1, -0.05) is 12.1 Å². The van der Waals surface area contributed by atoms with Crippen molar-refractivity contribution in [2.75, 3.05) is 13.7 Å². The molecule has 1 aromatic carbocycles. The van der Waals surface area contributed by atoms with E-state index in [2.05, 4.69) is 4.98 Å². The van der Waals surface area contributed by atoms with E-state index in [4.69, 9.17) is 4.74 Å². The number of aromatic nitrogens is 2. The molecule has 28 heavy (non-hydrogen) atoms. The van der Waals surface area contributed by atoms with Crippen LogP contribution in [-0.2, 0) is 27.3 Å². The smallest absolute Gasteiger partial charge is 0.333 e. The van der Waals surface area contributed by atoms with Crippen molar-refractivity contribution in [2.24, 2.45) is 0 Å². The Bertz CT molecular complexity index is 1100. The predicted molar refractivity (Wildman–Crippen MR) is 105 cm³/mol. The number of para-hydroxylation sites is 1. The Morgan fingerprint density at radius 1 is 1.29 bits per heavy atom. The summed E-state index contributed by atoms with van der Waals surface area (Å²) in [7, 11) is 1.33. The fourth-order valence-electron chi connectivity index (χ4n) is 3.58. The number of methoxy groups -OCH3 is 1. The van der Waals surface area contributed by atoms with E-state index in [-0.39, 0.29) is 24.4 Å². The molecule has 1 aliphatic rings. The highest BCUT2D eigenvalue weighted by Gasteiger charge is 2.37. The Morgan fingerprint density at radius 2 is 2.11 bits per heavy atom. The minimum Gasteiger partial charge on any atom is -0.467 e. The summed E-state index contributed by atoms with van der Waals surface area (Å²) < 4.78 is 6.37. The summed E-state index contributed by atoms with van der Waals surface area (Å²) in [6, 6.07) is 8.26. The van der Waals surface area contributed by atoms with Crippen LogP contribution in [-0.4, -0.2) is 40.0 Å². The van der Waals surface area contributed by atoms with Gasteiger partial charge >= 0.3 is 5.97 Å². The van der Waals surface area contributed by atoms with Crippen LogP contribution in [0.25, 0.3) is 10.9 Å². The van der Waals surface area contributed by atoms with Crippen molar-refractivity contribution < 1.29 is 14.3 Å². The van der Waals surface area contributed by atoms with E-state index in [1.54, 1.807) is 34.4 Å². The highest BCUT2D eigenvalue weighted by molar-refractivity contribution is 7.10. The summed E-state index contributed by atoms with van der Waals surface area (Å²) in [6.45, 7) is 0.660. The monoisotopic (exact) mass is 397 g/mol. The van der Waals surface area contributed by atoms with Crippen LogP contribution in [0.5, 0.6) is 0 Å². The number of carbonyl (C=O) groups excluding carboxylic acids is 2. The SMILES string of the molecule is COC(=O)C1c2ccsc2CCN1C(=O)CCn1cnc2ccccc2c1=O. The molecule has 0 radical (unpaired) electrons. The third-order valence-electron chi connectivity index (χ3n) is 5.01. The van der Waals surface area contributed by atoms with Crippen LogP contribution in [0, 0.1) is 0 Å². The zero-order valence-corrected chi connectivity index (χ0v) is 16.1. The lowest BCUT2D eigenvalue weighted by atomic mass is 9.99. The van der Waals surface area contributed by atoms with Crippen LogP contribution in [0.4, 0.5) is 0 Å². The molecule has 2 aromatic heterocycles. The Balaban J connectivity index is 1.54. The lowest BCUT2D eigenvalue weighted by molar-refractivity contribution is -0.154. The molecule has 1 amide bonds. The molecule has 0 fully saturated rings. The Labute approximate surface area is 165 Å². The summed E-state index contributed by atoms with van der Waals surface area (Å²) in [4.78, 5) is 44.8. The van der Waals surface area contributed by atoms with Gasteiger partial charge in [-0.2, -0.15) is 0 Å². The molecule has 1 aliphatic heterocycles. The molecule has 3 heterocycles. The molecule has 0 spiro atoms. The van der Waals surface area contributed by atoms with E-state index in [1.165, 1.54) is 18.0 Å². The number of ether oxygens (including phenoxy) is 1. The quantitative estimate of drug-likeness (QED) is 0.630. The maximum Gasteiger partial charge on any atom is 0.333 e. The zero-order valence-electron chi connectivity index (χ0n) is 15.3. The zero-order chi connectivity index (χ0) is 19.7. The predicted octanol–water partition coefficient (Wildman–Crippen LogP) is 2.15. The number of benzene rings is 1. The van der Waals surface area contributed by atoms with Gasteiger partial charge in [0.25, 0.3) is 5.56 Å². The van der Waals surface area contributed by atoms with Crippen molar-refractivity contribution in [3.63, 3.8) is 0 Å². The first-order valence-electron chi connectivity index (χ1n) is 8.98. The Kier molecular flexibility index (Phi) is 4.95. The number of hydrogen-bond acceptors (Lipinski definition) is 6. The standard InChI is InChI=1S/C20H19N3O4S/c1-27-20(26)18-14-8-11-28-16(14)6-10-23(18)17(24)7-9-22-12-21-15-5-3-2-4-13(15)19(22)25/h2-5,8,11-12,18H,6-7,9-10H2,1H3. The van der Waals surface area contributed by atoms with Gasteiger partial charge in [-0.05, 0) is 35.6 Å². The van der Waals surface area contributed by atoms with Crippen LogP contribution in [0.2, 0.25) is 0 Å². The van der Waals surface area contributed by atoms with Crippen LogP contribution >= 0.6 is 11.3 Å². The van der Waals surface area contributed by atoms with Gasteiger partial charge in [0.2, 0.25) is 5.91 Å². The average Bonchev–Trinajstić information content (AvgIpc) is 3.20. The second kappa shape index (κ2) is 7.55. The van der Waals surface area contributed by atoms with E-state index in [9.17, 15) is 14.4 Å². The second-order valence-electron chi connectivity index (χ2n) is 6.57. The van der Waals surface area contributed by atoms with Gasteiger partial charge in [-0.15, -0.1) is 11.3 Å². The average molecular weight is 397 g/mol. The third kappa shape index (κ3) is 3.20. The first-order chi connectivity index (χ1) is 13.6. The number of nitrogens with zero attached hydrogens (tertiary/aromatic N) is 3. The number of fused-ring (bicyclic) bond motifs is 2. The van der Waals surface area contributed by atoms with Gasteiger partial charge in [0.15, 0.2) is 6.04 Å². The summed E-state index contributed by atoms with van der Waals surface area (Å²) in [6.07, 6.45) is 2.28. The van der Waals surface area contributed by atoms with Gasteiger partial charge < -0.3 is 9.64 Å². The topological polar surface area (TPSA) is 81.5 Å². The maximum atomic E-state index is 12.9. The van der Waals surface area contributed by atoms with E-state index in [1.807, 2.05) is 17.5 Å². The summed E-state index contributed by atoms with van der Waals surface area (Å²) in [5, 5.41) is 2.44. The Morgan fingerprint density at radius 3 is 2.93 bits per heavy atom. The molecule has 0 saturated heterocycles. The van der Waals surface area contributed by atoms with Crippen molar-refractivity contribution in [1.29, 1.82) is 0 Å².